The summed E-state index contributed by atoms with van der Waals surface area (Å²) in [4.78, 5) is 0. The summed E-state index contributed by atoms with van der Waals surface area (Å²) in [7, 11) is 0. The van der Waals surface area contributed by atoms with E-state index >= 15 is 0 Å². The minimum Gasteiger partial charge on any atom is -0.385 e. The first-order valence-corrected chi connectivity index (χ1v) is 4.14. The van der Waals surface area contributed by atoms with Gasteiger partial charge >= 0.3 is 0 Å². The highest BCUT2D eigenvalue weighted by atomic mass is 15.7. The second-order valence-electron chi connectivity index (χ2n) is 4.19. The van der Waals surface area contributed by atoms with E-state index in [1.54, 1.807) is 0 Å². The molecular weight excluding hydrogens is 152 g/mol. The van der Waals surface area contributed by atoms with Crippen molar-refractivity contribution in [2.75, 3.05) is 0 Å². The molecule has 0 unspecified atom stereocenters. The van der Waals surface area contributed by atoms with E-state index in [4.69, 9.17) is 11.6 Å². The molecule has 0 saturated heterocycles. The zero-order chi connectivity index (χ0) is 9.94. The van der Waals surface area contributed by atoms with Crippen molar-refractivity contribution in [2.24, 2.45) is 22.6 Å². The molecule has 0 fully saturated rings. The van der Waals surface area contributed by atoms with Gasteiger partial charge in [-0.2, -0.15) is 0 Å². The maximum absolute atomic E-state index is 5.66. The highest BCUT2D eigenvalue weighted by molar-refractivity contribution is 5.81. The molecule has 0 aliphatic rings. The standard InChI is InChI=1S/C8H20N4/c1-6(2)7(9)11-12(10)8(3,4)5/h6H,10H2,1-5H3,(H2,9,11). The molecule has 0 saturated carbocycles. The number of hydrogen-bond acceptors (Lipinski definition) is 3. The number of hydrazine groups is 1. The summed E-state index contributed by atoms with van der Waals surface area (Å²) in [6, 6.07) is 0. The fourth-order valence-electron chi connectivity index (χ4n) is 0.390. The molecule has 0 aromatic rings. The van der Waals surface area contributed by atoms with E-state index in [0.29, 0.717) is 5.84 Å². The van der Waals surface area contributed by atoms with E-state index in [9.17, 15) is 0 Å². The van der Waals surface area contributed by atoms with Crippen molar-refractivity contribution in [1.82, 2.24) is 5.12 Å². The van der Waals surface area contributed by atoms with Crippen molar-refractivity contribution in [3.8, 4) is 0 Å². The van der Waals surface area contributed by atoms with E-state index < -0.39 is 0 Å². The summed E-state index contributed by atoms with van der Waals surface area (Å²) >= 11 is 0. The molecule has 0 aromatic heterocycles. The average molecular weight is 172 g/mol. The van der Waals surface area contributed by atoms with Crippen LogP contribution < -0.4 is 11.6 Å². The van der Waals surface area contributed by atoms with Gasteiger partial charge in [0.25, 0.3) is 0 Å². The van der Waals surface area contributed by atoms with Gasteiger partial charge < -0.3 is 5.73 Å². The predicted molar refractivity (Wildman–Crippen MR) is 52.2 cm³/mol. The van der Waals surface area contributed by atoms with Gasteiger partial charge in [-0.1, -0.05) is 13.8 Å². The summed E-state index contributed by atoms with van der Waals surface area (Å²) in [5.74, 6) is 6.45. The molecule has 4 nitrogen and oxygen atoms in total. The Morgan fingerprint density at radius 1 is 1.33 bits per heavy atom. The van der Waals surface area contributed by atoms with Gasteiger partial charge in [-0.15, -0.1) is 5.10 Å². The maximum Gasteiger partial charge on any atom is 0.123 e. The van der Waals surface area contributed by atoms with Crippen LogP contribution in [0, 0.1) is 5.92 Å². The molecule has 0 spiro atoms. The number of hydrazone groups is 1. The molecule has 4 heteroatoms. The third-order valence-electron chi connectivity index (χ3n) is 1.50. The normalized spacial score (nSPS) is 13.8. The van der Waals surface area contributed by atoms with E-state index in [-0.39, 0.29) is 11.5 Å². The Morgan fingerprint density at radius 3 is 2.00 bits per heavy atom. The van der Waals surface area contributed by atoms with Gasteiger partial charge in [0.05, 0.1) is 5.54 Å². The molecule has 12 heavy (non-hydrogen) atoms. The second-order valence-corrected chi connectivity index (χ2v) is 4.19. The molecule has 0 bridgehead atoms. The van der Waals surface area contributed by atoms with Crippen molar-refractivity contribution < 1.29 is 0 Å². The van der Waals surface area contributed by atoms with Crippen molar-refractivity contribution in [3.05, 3.63) is 0 Å². The first kappa shape index (κ1) is 11.2. The molecule has 0 aliphatic carbocycles. The van der Waals surface area contributed by atoms with Gasteiger partial charge in [-0.3, -0.25) is 0 Å². The Hall–Kier alpha value is -0.770. The second kappa shape index (κ2) is 3.76. The smallest absolute Gasteiger partial charge is 0.123 e. The summed E-state index contributed by atoms with van der Waals surface area (Å²) in [5.41, 5.74) is 5.46. The van der Waals surface area contributed by atoms with E-state index in [0.717, 1.165) is 0 Å². The highest BCUT2D eigenvalue weighted by Gasteiger charge is 2.16. The molecular formula is C8H20N4. The molecule has 0 aliphatic heterocycles. The SMILES string of the molecule is CC(C)/C(N)=N/N(N)C(C)(C)C. The number of rotatable bonds is 2. The van der Waals surface area contributed by atoms with Crippen LogP contribution in [0.3, 0.4) is 0 Å². The monoisotopic (exact) mass is 172 g/mol. The Balaban J connectivity index is 4.34. The topological polar surface area (TPSA) is 67.6 Å². The third kappa shape index (κ3) is 3.57. The Morgan fingerprint density at radius 2 is 1.75 bits per heavy atom. The first-order valence-electron chi connectivity index (χ1n) is 4.14. The molecule has 0 amide bonds. The van der Waals surface area contributed by atoms with Crippen LogP contribution in [-0.4, -0.2) is 16.5 Å². The lowest BCUT2D eigenvalue weighted by molar-refractivity contribution is 0.144. The molecule has 0 heterocycles. The van der Waals surface area contributed by atoms with Crippen LogP contribution in [0.2, 0.25) is 0 Å². The summed E-state index contributed by atoms with van der Waals surface area (Å²) in [5, 5.41) is 5.44. The largest absolute Gasteiger partial charge is 0.385 e. The van der Waals surface area contributed by atoms with Crippen LogP contribution >= 0.6 is 0 Å². The molecule has 4 N–H and O–H groups in total. The molecule has 72 valence electrons. The van der Waals surface area contributed by atoms with Crippen LogP contribution in [0.4, 0.5) is 0 Å². The predicted octanol–water partition coefficient (Wildman–Crippen LogP) is 0.889. The lowest BCUT2D eigenvalue weighted by Crippen LogP contribution is -2.44. The molecule has 0 aromatic carbocycles. The quantitative estimate of drug-likeness (QED) is 0.281. The van der Waals surface area contributed by atoms with Crippen molar-refractivity contribution in [3.63, 3.8) is 0 Å². The first-order chi connectivity index (χ1) is 5.25. The highest BCUT2D eigenvalue weighted by Crippen LogP contribution is 2.08. The van der Waals surface area contributed by atoms with Gasteiger partial charge in [0.1, 0.15) is 5.84 Å². The minimum atomic E-state index is -0.181. The Bertz CT molecular complexity index is 166. The molecule has 0 radical (unpaired) electrons. The van der Waals surface area contributed by atoms with Gasteiger partial charge in [-0.05, 0) is 20.8 Å². The summed E-state index contributed by atoms with van der Waals surface area (Å²) in [6.45, 7) is 9.89. The number of amidine groups is 1. The zero-order valence-electron chi connectivity index (χ0n) is 8.63. The van der Waals surface area contributed by atoms with Crippen molar-refractivity contribution >= 4 is 5.84 Å². The maximum atomic E-state index is 5.66. The number of nitrogens with two attached hydrogens (primary N) is 2. The van der Waals surface area contributed by atoms with Gasteiger partial charge in [0.15, 0.2) is 0 Å². The van der Waals surface area contributed by atoms with E-state index in [2.05, 4.69) is 5.10 Å². The van der Waals surface area contributed by atoms with Crippen LogP contribution in [0.1, 0.15) is 34.6 Å². The lowest BCUT2D eigenvalue weighted by atomic mass is 10.1. The van der Waals surface area contributed by atoms with Crippen molar-refractivity contribution in [1.29, 1.82) is 0 Å². The van der Waals surface area contributed by atoms with E-state index in [1.807, 2.05) is 34.6 Å². The third-order valence-corrected chi connectivity index (χ3v) is 1.50. The fraction of sp³-hybridized carbons (Fsp3) is 0.875. The van der Waals surface area contributed by atoms with Crippen molar-refractivity contribution in [2.45, 2.75) is 40.2 Å². The minimum absolute atomic E-state index is 0.181. The van der Waals surface area contributed by atoms with Crippen LogP contribution in [0.5, 0.6) is 0 Å². The number of hydrogen-bond donors (Lipinski definition) is 2. The summed E-state index contributed by atoms with van der Waals surface area (Å²) < 4.78 is 0. The van der Waals surface area contributed by atoms with Gasteiger partial charge in [0, 0.05) is 5.92 Å². The van der Waals surface area contributed by atoms with Crippen LogP contribution in [0.25, 0.3) is 0 Å². The van der Waals surface area contributed by atoms with Gasteiger partial charge in [0.2, 0.25) is 0 Å². The molecule has 0 atom stereocenters. The van der Waals surface area contributed by atoms with Gasteiger partial charge in [-0.25, -0.2) is 11.0 Å². The Kier molecular flexibility index (Phi) is 3.52. The fourth-order valence-corrected chi connectivity index (χ4v) is 0.390. The lowest BCUT2D eigenvalue weighted by Gasteiger charge is -2.28. The van der Waals surface area contributed by atoms with Crippen LogP contribution in [0.15, 0.2) is 5.10 Å². The number of nitrogens with zero attached hydrogens (tertiary/aromatic N) is 2. The molecule has 0 rings (SSSR count). The summed E-state index contributed by atoms with van der Waals surface area (Å²) in [6.07, 6.45) is 0. The van der Waals surface area contributed by atoms with E-state index in [1.165, 1.54) is 5.12 Å². The average Bonchev–Trinajstić information content (AvgIpc) is 1.85. The Labute approximate surface area is 74.6 Å². The zero-order valence-corrected chi connectivity index (χ0v) is 8.63. The van der Waals surface area contributed by atoms with Crippen LogP contribution in [-0.2, 0) is 0 Å².